The standard InChI is InChI=1S/C12H23N3O2/c1-12(2,3)14-10(16)5-7-13-9-6-8-15(4)11(9)17/h9,13H,5-8H2,1-4H3,(H,14,16). The Kier molecular flexibility index (Phi) is 4.51. The van der Waals surface area contributed by atoms with E-state index in [1.807, 2.05) is 20.8 Å². The van der Waals surface area contributed by atoms with E-state index >= 15 is 0 Å². The van der Waals surface area contributed by atoms with Gasteiger partial charge in [-0.3, -0.25) is 9.59 Å². The molecule has 0 aliphatic carbocycles. The predicted octanol–water partition coefficient (Wildman–Crippen LogP) is 0.112. The van der Waals surface area contributed by atoms with Gasteiger partial charge in [-0.15, -0.1) is 0 Å². The van der Waals surface area contributed by atoms with Crippen LogP contribution in [0.15, 0.2) is 0 Å². The van der Waals surface area contributed by atoms with E-state index in [4.69, 9.17) is 0 Å². The highest BCUT2D eigenvalue weighted by atomic mass is 16.2. The Labute approximate surface area is 103 Å². The Balaban J connectivity index is 2.20. The summed E-state index contributed by atoms with van der Waals surface area (Å²) in [5, 5.41) is 6.02. The molecular weight excluding hydrogens is 218 g/mol. The molecule has 2 N–H and O–H groups in total. The minimum Gasteiger partial charge on any atom is -0.351 e. The predicted molar refractivity (Wildman–Crippen MR) is 66.6 cm³/mol. The number of likely N-dealkylation sites (tertiary alicyclic amines) is 1. The molecule has 2 amide bonds. The molecule has 0 spiro atoms. The van der Waals surface area contributed by atoms with Crippen molar-refractivity contribution in [3.05, 3.63) is 0 Å². The normalized spacial score (nSPS) is 20.8. The number of amides is 2. The van der Waals surface area contributed by atoms with Gasteiger partial charge in [0.2, 0.25) is 11.8 Å². The van der Waals surface area contributed by atoms with E-state index in [9.17, 15) is 9.59 Å². The van der Waals surface area contributed by atoms with Crippen LogP contribution in [0, 0.1) is 0 Å². The molecule has 0 saturated carbocycles. The second kappa shape index (κ2) is 5.49. The highest BCUT2D eigenvalue weighted by Crippen LogP contribution is 2.08. The monoisotopic (exact) mass is 241 g/mol. The summed E-state index contributed by atoms with van der Waals surface area (Å²) in [6.07, 6.45) is 1.24. The zero-order valence-corrected chi connectivity index (χ0v) is 11.2. The smallest absolute Gasteiger partial charge is 0.239 e. The fourth-order valence-electron chi connectivity index (χ4n) is 1.85. The molecule has 1 saturated heterocycles. The lowest BCUT2D eigenvalue weighted by Crippen LogP contribution is -2.43. The summed E-state index contributed by atoms with van der Waals surface area (Å²) in [6.45, 7) is 7.20. The number of rotatable bonds is 4. The fraction of sp³-hybridized carbons (Fsp3) is 0.833. The molecule has 5 heteroatoms. The molecule has 0 aromatic heterocycles. The lowest BCUT2D eigenvalue weighted by molar-refractivity contribution is -0.128. The van der Waals surface area contributed by atoms with Crippen LogP contribution in [0.3, 0.4) is 0 Å². The third-order valence-electron chi connectivity index (χ3n) is 2.68. The minimum absolute atomic E-state index is 0.0174. The van der Waals surface area contributed by atoms with Crippen LogP contribution in [0.1, 0.15) is 33.6 Å². The van der Waals surface area contributed by atoms with E-state index in [1.165, 1.54) is 0 Å². The molecule has 1 fully saturated rings. The van der Waals surface area contributed by atoms with Crippen LogP contribution in [0.25, 0.3) is 0 Å². The van der Waals surface area contributed by atoms with Gasteiger partial charge in [0.1, 0.15) is 0 Å². The number of nitrogens with one attached hydrogen (secondary N) is 2. The molecule has 1 heterocycles. The highest BCUT2D eigenvalue weighted by molar-refractivity contribution is 5.83. The van der Waals surface area contributed by atoms with Crippen LogP contribution < -0.4 is 10.6 Å². The van der Waals surface area contributed by atoms with Crippen molar-refractivity contribution in [1.29, 1.82) is 0 Å². The van der Waals surface area contributed by atoms with Crippen molar-refractivity contribution in [2.75, 3.05) is 20.1 Å². The first-order valence-electron chi connectivity index (χ1n) is 6.09. The summed E-state index contributed by atoms with van der Waals surface area (Å²) in [4.78, 5) is 24.8. The average molecular weight is 241 g/mol. The van der Waals surface area contributed by atoms with Gasteiger partial charge in [0.25, 0.3) is 0 Å². The van der Waals surface area contributed by atoms with Crippen molar-refractivity contribution in [2.45, 2.75) is 45.2 Å². The molecule has 0 bridgehead atoms. The van der Waals surface area contributed by atoms with Gasteiger partial charge in [0, 0.05) is 32.1 Å². The average Bonchev–Trinajstić information content (AvgIpc) is 2.46. The van der Waals surface area contributed by atoms with Crippen LogP contribution >= 0.6 is 0 Å². The maximum Gasteiger partial charge on any atom is 0.239 e. The highest BCUT2D eigenvalue weighted by Gasteiger charge is 2.28. The van der Waals surface area contributed by atoms with Gasteiger partial charge in [-0.2, -0.15) is 0 Å². The van der Waals surface area contributed by atoms with Gasteiger partial charge in [0.05, 0.1) is 6.04 Å². The molecular formula is C12H23N3O2. The first-order chi connectivity index (χ1) is 7.79. The molecule has 98 valence electrons. The Bertz CT molecular complexity index is 297. The molecule has 1 atom stereocenters. The van der Waals surface area contributed by atoms with Crippen molar-refractivity contribution in [3.63, 3.8) is 0 Å². The molecule has 1 rings (SSSR count). The van der Waals surface area contributed by atoms with Crippen LogP contribution in [-0.2, 0) is 9.59 Å². The summed E-state index contributed by atoms with van der Waals surface area (Å²) in [5.74, 6) is 0.144. The molecule has 1 unspecified atom stereocenters. The Morgan fingerprint density at radius 2 is 2.12 bits per heavy atom. The zero-order valence-electron chi connectivity index (χ0n) is 11.2. The summed E-state index contributed by atoms with van der Waals surface area (Å²) in [7, 11) is 1.80. The van der Waals surface area contributed by atoms with Gasteiger partial charge < -0.3 is 15.5 Å². The first kappa shape index (κ1) is 14.0. The van der Waals surface area contributed by atoms with Crippen LogP contribution in [0.2, 0.25) is 0 Å². The van der Waals surface area contributed by atoms with Crippen molar-refractivity contribution in [2.24, 2.45) is 0 Å². The summed E-state index contributed by atoms with van der Waals surface area (Å²) >= 11 is 0. The first-order valence-corrected chi connectivity index (χ1v) is 6.09. The zero-order chi connectivity index (χ0) is 13.1. The summed E-state index contributed by atoms with van der Waals surface area (Å²) < 4.78 is 0. The number of carbonyl (C=O) groups is 2. The molecule has 1 aliphatic rings. The van der Waals surface area contributed by atoms with Crippen LogP contribution in [0.4, 0.5) is 0 Å². The van der Waals surface area contributed by atoms with E-state index in [0.717, 1.165) is 13.0 Å². The molecule has 1 aliphatic heterocycles. The van der Waals surface area contributed by atoms with Crippen molar-refractivity contribution in [3.8, 4) is 0 Å². The lowest BCUT2D eigenvalue weighted by atomic mass is 10.1. The van der Waals surface area contributed by atoms with E-state index in [1.54, 1.807) is 11.9 Å². The quantitative estimate of drug-likeness (QED) is 0.734. The Morgan fingerprint density at radius 1 is 1.47 bits per heavy atom. The van der Waals surface area contributed by atoms with Crippen molar-refractivity contribution < 1.29 is 9.59 Å². The Morgan fingerprint density at radius 3 is 2.59 bits per heavy atom. The van der Waals surface area contributed by atoms with Crippen LogP contribution in [-0.4, -0.2) is 48.4 Å². The second-order valence-electron chi connectivity index (χ2n) is 5.60. The largest absolute Gasteiger partial charge is 0.351 e. The van der Waals surface area contributed by atoms with E-state index < -0.39 is 0 Å². The van der Waals surface area contributed by atoms with Gasteiger partial charge in [-0.05, 0) is 27.2 Å². The molecule has 0 aromatic rings. The van der Waals surface area contributed by atoms with E-state index in [2.05, 4.69) is 10.6 Å². The third kappa shape index (κ3) is 4.73. The molecule has 0 aromatic carbocycles. The number of hydrogen-bond donors (Lipinski definition) is 2. The Hall–Kier alpha value is -1.10. The molecule has 0 radical (unpaired) electrons. The van der Waals surface area contributed by atoms with E-state index in [0.29, 0.717) is 13.0 Å². The summed E-state index contributed by atoms with van der Waals surface area (Å²) in [6, 6.07) is -0.109. The van der Waals surface area contributed by atoms with Gasteiger partial charge in [0.15, 0.2) is 0 Å². The van der Waals surface area contributed by atoms with Crippen molar-refractivity contribution in [1.82, 2.24) is 15.5 Å². The maximum atomic E-state index is 11.6. The number of hydrogen-bond acceptors (Lipinski definition) is 3. The number of carbonyl (C=O) groups excluding carboxylic acids is 2. The molecule has 17 heavy (non-hydrogen) atoms. The second-order valence-corrected chi connectivity index (χ2v) is 5.60. The maximum absolute atomic E-state index is 11.6. The minimum atomic E-state index is -0.194. The topological polar surface area (TPSA) is 61.4 Å². The van der Waals surface area contributed by atoms with Gasteiger partial charge in [-0.1, -0.05) is 0 Å². The number of nitrogens with zero attached hydrogens (tertiary/aromatic N) is 1. The summed E-state index contributed by atoms with van der Waals surface area (Å²) in [5.41, 5.74) is -0.194. The SMILES string of the molecule is CN1CCC(NCCC(=O)NC(C)(C)C)C1=O. The van der Waals surface area contributed by atoms with Crippen LogP contribution in [0.5, 0.6) is 0 Å². The number of likely N-dealkylation sites (N-methyl/N-ethyl adjacent to an activating group) is 1. The van der Waals surface area contributed by atoms with Gasteiger partial charge >= 0.3 is 0 Å². The van der Waals surface area contributed by atoms with E-state index in [-0.39, 0.29) is 23.4 Å². The third-order valence-corrected chi connectivity index (χ3v) is 2.68. The van der Waals surface area contributed by atoms with Gasteiger partial charge in [-0.25, -0.2) is 0 Å². The lowest BCUT2D eigenvalue weighted by Gasteiger charge is -2.20. The fourth-order valence-corrected chi connectivity index (χ4v) is 1.85. The van der Waals surface area contributed by atoms with Crippen molar-refractivity contribution >= 4 is 11.8 Å². The molecule has 5 nitrogen and oxygen atoms in total.